The molecule has 0 unspecified atom stereocenters. The molecule has 1 aliphatic rings. The van der Waals surface area contributed by atoms with Crippen LogP contribution in [-0.4, -0.2) is 31.4 Å². The zero-order valence-electron chi connectivity index (χ0n) is 17.6. The number of hydrogen-bond acceptors (Lipinski definition) is 7. The molecule has 31 heavy (non-hydrogen) atoms. The van der Waals surface area contributed by atoms with Gasteiger partial charge in [-0.2, -0.15) is 0 Å². The van der Waals surface area contributed by atoms with Gasteiger partial charge in [-0.15, -0.1) is 0 Å². The van der Waals surface area contributed by atoms with Crippen LogP contribution in [0.3, 0.4) is 0 Å². The van der Waals surface area contributed by atoms with Crippen LogP contribution in [0.4, 0.5) is 0 Å². The largest absolute Gasteiger partial charge is 0.464 e. The number of benzene rings is 1. The summed E-state index contributed by atoms with van der Waals surface area (Å²) < 4.78 is 5.77. The highest BCUT2D eigenvalue weighted by atomic mass is 16.3. The second-order valence-electron chi connectivity index (χ2n) is 8.25. The summed E-state index contributed by atoms with van der Waals surface area (Å²) in [5.74, 6) is 1.00. The van der Waals surface area contributed by atoms with Crippen molar-refractivity contribution in [3.63, 3.8) is 0 Å². The lowest BCUT2D eigenvalue weighted by Gasteiger charge is -2.27. The van der Waals surface area contributed by atoms with Gasteiger partial charge in [0, 0.05) is 55.8 Å². The van der Waals surface area contributed by atoms with Crippen LogP contribution < -0.4 is 5.43 Å². The van der Waals surface area contributed by atoms with Gasteiger partial charge in [-0.3, -0.25) is 9.69 Å². The van der Waals surface area contributed by atoms with Crippen molar-refractivity contribution in [1.29, 1.82) is 0 Å². The Balaban J connectivity index is 1.38. The number of hydrogen-bond donors (Lipinski definition) is 0. The Morgan fingerprint density at radius 3 is 2.81 bits per heavy atom. The lowest BCUT2D eigenvalue weighted by molar-refractivity contribution is 0.240. The van der Waals surface area contributed by atoms with Gasteiger partial charge in [-0.1, -0.05) is 19.9 Å². The highest BCUT2D eigenvalue weighted by molar-refractivity contribution is 5.77. The first-order valence-electron chi connectivity index (χ1n) is 10.5. The van der Waals surface area contributed by atoms with E-state index in [1.807, 2.05) is 24.4 Å². The Bertz CT molecular complexity index is 1300. The quantitative estimate of drug-likeness (QED) is 0.504. The summed E-state index contributed by atoms with van der Waals surface area (Å²) in [6, 6.07) is 5.87. The minimum atomic E-state index is 0.0465. The molecule has 7 nitrogen and oxygen atoms in total. The first-order valence-corrected chi connectivity index (χ1v) is 10.5. The number of fused-ring (bicyclic) bond motifs is 2. The second-order valence-corrected chi connectivity index (χ2v) is 8.25. The zero-order chi connectivity index (χ0) is 21.4. The molecule has 1 aromatic carbocycles. The molecule has 0 amide bonds. The van der Waals surface area contributed by atoms with E-state index in [4.69, 9.17) is 9.40 Å². The number of nitrogens with zero attached hydrogens (tertiary/aromatic N) is 5. The molecule has 0 N–H and O–H groups in total. The van der Waals surface area contributed by atoms with Gasteiger partial charge >= 0.3 is 0 Å². The summed E-state index contributed by atoms with van der Waals surface area (Å²) in [5.41, 5.74) is 5.42. The molecule has 0 bridgehead atoms. The van der Waals surface area contributed by atoms with Gasteiger partial charge in [0.1, 0.15) is 11.9 Å². The van der Waals surface area contributed by atoms with Crippen molar-refractivity contribution in [1.82, 2.24) is 24.8 Å². The maximum atomic E-state index is 13.1. The highest BCUT2D eigenvalue weighted by Crippen LogP contribution is 2.23. The van der Waals surface area contributed by atoms with Crippen molar-refractivity contribution in [3.8, 4) is 11.4 Å². The molecule has 0 aliphatic carbocycles. The summed E-state index contributed by atoms with van der Waals surface area (Å²) in [4.78, 5) is 32.6. The van der Waals surface area contributed by atoms with Gasteiger partial charge in [-0.25, -0.2) is 19.9 Å². The molecular weight excluding hydrogens is 390 g/mol. The van der Waals surface area contributed by atoms with Crippen LogP contribution in [0.2, 0.25) is 0 Å². The highest BCUT2D eigenvalue weighted by Gasteiger charge is 2.21. The minimum Gasteiger partial charge on any atom is -0.464 e. The third kappa shape index (κ3) is 3.84. The van der Waals surface area contributed by atoms with Crippen molar-refractivity contribution in [2.75, 3.05) is 6.54 Å². The molecule has 0 saturated carbocycles. The predicted octanol–water partition coefficient (Wildman–Crippen LogP) is 3.72. The maximum absolute atomic E-state index is 13.1. The van der Waals surface area contributed by atoms with Gasteiger partial charge in [0.2, 0.25) is 0 Å². The van der Waals surface area contributed by atoms with E-state index < -0.39 is 0 Å². The molecule has 5 rings (SSSR count). The van der Waals surface area contributed by atoms with Crippen LogP contribution in [0.15, 0.2) is 58.6 Å². The van der Waals surface area contributed by atoms with Crippen molar-refractivity contribution < 1.29 is 4.42 Å². The average molecular weight is 413 g/mol. The van der Waals surface area contributed by atoms with E-state index in [0.29, 0.717) is 41.4 Å². The third-order valence-electron chi connectivity index (χ3n) is 5.76. The van der Waals surface area contributed by atoms with E-state index in [1.165, 1.54) is 6.33 Å². The topological polar surface area (TPSA) is 85.0 Å². The molecule has 0 radical (unpaired) electrons. The Labute approximate surface area is 179 Å². The predicted molar refractivity (Wildman–Crippen MR) is 117 cm³/mol. The van der Waals surface area contributed by atoms with Gasteiger partial charge in [-0.05, 0) is 23.6 Å². The fourth-order valence-corrected chi connectivity index (χ4v) is 3.96. The molecule has 0 atom stereocenters. The summed E-state index contributed by atoms with van der Waals surface area (Å²) >= 11 is 0. The van der Waals surface area contributed by atoms with Gasteiger partial charge in [0.25, 0.3) is 0 Å². The molecule has 156 valence electrons. The minimum absolute atomic E-state index is 0.0465. The summed E-state index contributed by atoms with van der Waals surface area (Å²) in [6.07, 6.45) is 9.20. The van der Waals surface area contributed by atoms with Crippen LogP contribution in [0.25, 0.3) is 22.4 Å². The van der Waals surface area contributed by atoms with Crippen molar-refractivity contribution in [2.24, 2.45) is 0 Å². The number of aromatic nitrogens is 4. The molecular formula is C24H23N5O2. The van der Waals surface area contributed by atoms with Crippen molar-refractivity contribution in [2.45, 2.75) is 39.3 Å². The first-order chi connectivity index (χ1) is 15.1. The fraction of sp³-hybridized carbons (Fsp3) is 0.292. The van der Waals surface area contributed by atoms with E-state index in [1.54, 1.807) is 18.7 Å². The van der Waals surface area contributed by atoms with Crippen LogP contribution in [0.5, 0.6) is 0 Å². The molecule has 4 heterocycles. The van der Waals surface area contributed by atoms with E-state index in [-0.39, 0.29) is 5.43 Å². The van der Waals surface area contributed by atoms with E-state index >= 15 is 0 Å². The Kier molecular flexibility index (Phi) is 5.03. The second kappa shape index (κ2) is 8.00. The van der Waals surface area contributed by atoms with E-state index in [2.05, 4.69) is 33.7 Å². The summed E-state index contributed by atoms with van der Waals surface area (Å²) in [6.45, 7) is 6.30. The van der Waals surface area contributed by atoms with Gasteiger partial charge < -0.3 is 4.42 Å². The molecule has 7 heteroatoms. The molecule has 0 fully saturated rings. The van der Waals surface area contributed by atoms with Crippen LogP contribution >= 0.6 is 0 Å². The lowest BCUT2D eigenvalue weighted by Crippen LogP contribution is -2.32. The lowest BCUT2D eigenvalue weighted by atomic mass is 10.0. The number of rotatable bonds is 4. The molecule has 0 saturated heterocycles. The van der Waals surface area contributed by atoms with Crippen molar-refractivity contribution >= 4 is 11.0 Å². The van der Waals surface area contributed by atoms with E-state index in [9.17, 15) is 4.79 Å². The SMILES string of the molecule is CC(C)c1ccc2occ(CN3CCc4nc(-c5cncnc5)ncc4C3)c(=O)c2c1. The molecule has 4 aromatic rings. The Morgan fingerprint density at radius 2 is 2.00 bits per heavy atom. The monoisotopic (exact) mass is 413 g/mol. The standard InChI is InChI=1S/C24H23N5O2/c1-15(2)16-3-4-22-20(7-16)23(30)19(13-31-22)12-29-6-5-21-18(11-29)10-27-24(28-21)17-8-25-14-26-9-17/h3-4,7-10,13-15H,5-6,11-12H2,1-2H3. The molecule has 1 aliphatic heterocycles. The van der Waals surface area contributed by atoms with Gasteiger partial charge in [0.15, 0.2) is 11.3 Å². The third-order valence-corrected chi connectivity index (χ3v) is 5.76. The van der Waals surface area contributed by atoms with E-state index in [0.717, 1.165) is 35.3 Å². The van der Waals surface area contributed by atoms with Crippen molar-refractivity contribution in [3.05, 3.63) is 82.0 Å². The zero-order valence-corrected chi connectivity index (χ0v) is 17.6. The maximum Gasteiger partial charge on any atom is 0.197 e. The summed E-state index contributed by atoms with van der Waals surface area (Å²) in [5, 5.41) is 0.652. The van der Waals surface area contributed by atoms with Crippen LogP contribution in [0.1, 0.15) is 42.1 Å². The Hall–Kier alpha value is -3.45. The Morgan fingerprint density at radius 1 is 1.16 bits per heavy atom. The molecule has 0 spiro atoms. The van der Waals surface area contributed by atoms with Gasteiger partial charge in [0.05, 0.1) is 22.9 Å². The first kappa shape index (κ1) is 19.5. The molecule has 3 aromatic heterocycles. The van der Waals surface area contributed by atoms with Crippen LogP contribution in [-0.2, 0) is 19.5 Å². The normalized spacial score (nSPS) is 14.2. The smallest absolute Gasteiger partial charge is 0.197 e. The fourth-order valence-electron chi connectivity index (χ4n) is 3.96. The van der Waals surface area contributed by atoms with Crippen LogP contribution in [0, 0.1) is 0 Å². The average Bonchev–Trinajstić information content (AvgIpc) is 2.81. The summed E-state index contributed by atoms with van der Waals surface area (Å²) in [7, 11) is 0.